The highest BCUT2D eigenvalue weighted by atomic mass is 19.1. The molecule has 1 atom stereocenters. The van der Waals surface area contributed by atoms with E-state index in [1.54, 1.807) is 24.1 Å². The van der Waals surface area contributed by atoms with Gasteiger partial charge in [-0.25, -0.2) is 4.39 Å². The number of hydrogen-bond acceptors (Lipinski definition) is 5. The summed E-state index contributed by atoms with van der Waals surface area (Å²) in [7, 11) is 1.61. The minimum atomic E-state index is -0.363. The summed E-state index contributed by atoms with van der Waals surface area (Å²) in [4.78, 5) is 18.6. The number of nitrogens with zero attached hydrogens (tertiary/aromatic N) is 3. The number of para-hydroxylation sites is 1. The molecule has 6 nitrogen and oxygen atoms in total. The second-order valence-electron chi connectivity index (χ2n) is 6.45. The van der Waals surface area contributed by atoms with Crippen LogP contribution in [0.15, 0.2) is 53.1 Å². The summed E-state index contributed by atoms with van der Waals surface area (Å²) in [6.45, 7) is 0.950. The van der Waals surface area contributed by atoms with E-state index < -0.39 is 0 Å². The minimum absolute atomic E-state index is 0.0245. The third-order valence-corrected chi connectivity index (χ3v) is 4.64. The van der Waals surface area contributed by atoms with E-state index in [4.69, 9.17) is 9.26 Å². The van der Waals surface area contributed by atoms with Crippen LogP contribution in [0, 0.1) is 5.82 Å². The first-order chi connectivity index (χ1) is 13.1. The van der Waals surface area contributed by atoms with Crippen LogP contribution in [-0.2, 0) is 11.3 Å². The number of halogens is 1. The van der Waals surface area contributed by atoms with Gasteiger partial charge in [0.05, 0.1) is 13.0 Å². The molecule has 0 bridgehead atoms. The zero-order valence-corrected chi connectivity index (χ0v) is 14.8. The molecule has 1 amide bonds. The Kier molecular flexibility index (Phi) is 4.58. The molecule has 0 spiro atoms. The van der Waals surface area contributed by atoms with Crippen LogP contribution in [0.5, 0.6) is 5.75 Å². The van der Waals surface area contributed by atoms with E-state index in [2.05, 4.69) is 10.1 Å². The quantitative estimate of drug-likeness (QED) is 0.691. The molecule has 2 heterocycles. The topological polar surface area (TPSA) is 68.5 Å². The molecule has 0 N–H and O–H groups in total. The highest BCUT2D eigenvalue weighted by Crippen LogP contribution is 2.31. The lowest BCUT2D eigenvalue weighted by molar-refractivity contribution is -0.128. The molecule has 0 aliphatic carbocycles. The maximum atomic E-state index is 13.4. The summed E-state index contributed by atoms with van der Waals surface area (Å²) in [5, 5.41) is 3.93. The second kappa shape index (κ2) is 7.19. The van der Waals surface area contributed by atoms with Crippen molar-refractivity contribution < 1.29 is 18.4 Å². The molecule has 1 unspecified atom stereocenters. The number of benzene rings is 2. The van der Waals surface area contributed by atoms with Gasteiger partial charge in [-0.1, -0.05) is 35.5 Å². The largest absolute Gasteiger partial charge is 0.496 e. The van der Waals surface area contributed by atoms with E-state index in [-0.39, 0.29) is 17.6 Å². The summed E-state index contributed by atoms with van der Waals surface area (Å²) in [6, 6.07) is 13.6. The lowest BCUT2D eigenvalue weighted by Gasteiger charge is -2.17. The number of likely N-dealkylation sites (tertiary alicyclic amines) is 1. The highest BCUT2D eigenvalue weighted by Gasteiger charge is 2.34. The van der Waals surface area contributed by atoms with E-state index in [0.717, 1.165) is 11.3 Å². The van der Waals surface area contributed by atoms with Crippen LogP contribution in [0.2, 0.25) is 0 Å². The van der Waals surface area contributed by atoms with Crippen LogP contribution in [-0.4, -0.2) is 34.6 Å². The summed E-state index contributed by atoms with van der Waals surface area (Å²) >= 11 is 0. The fourth-order valence-electron chi connectivity index (χ4n) is 3.28. The third kappa shape index (κ3) is 3.53. The van der Waals surface area contributed by atoms with E-state index in [1.807, 2.05) is 24.3 Å². The van der Waals surface area contributed by atoms with Gasteiger partial charge in [-0.15, -0.1) is 0 Å². The summed E-state index contributed by atoms with van der Waals surface area (Å²) in [6.07, 6.45) is 0.305. The smallest absolute Gasteiger partial charge is 0.232 e. The summed E-state index contributed by atoms with van der Waals surface area (Å²) in [5.41, 5.74) is 1.49. The predicted molar refractivity (Wildman–Crippen MR) is 95.5 cm³/mol. The van der Waals surface area contributed by atoms with Crippen molar-refractivity contribution in [1.29, 1.82) is 0 Å². The Morgan fingerprint density at radius 2 is 2.11 bits per heavy atom. The van der Waals surface area contributed by atoms with Crippen molar-refractivity contribution in [2.24, 2.45) is 0 Å². The number of ether oxygens (including phenoxy) is 1. The van der Waals surface area contributed by atoms with Crippen molar-refractivity contribution in [3.8, 4) is 17.1 Å². The first kappa shape index (κ1) is 17.2. The molecule has 27 heavy (non-hydrogen) atoms. The van der Waals surface area contributed by atoms with Gasteiger partial charge in [0.25, 0.3) is 0 Å². The van der Waals surface area contributed by atoms with Crippen LogP contribution in [0.3, 0.4) is 0 Å². The fraction of sp³-hybridized carbons (Fsp3) is 0.250. The fourth-order valence-corrected chi connectivity index (χ4v) is 3.28. The molecule has 1 aliphatic heterocycles. The Bertz CT molecular complexity index is 972. The Labute approximate surface area is 155 Å². The first-order valence-electron chi connectivity index (χ1n) is 8.63. The summed E-state index contributed by atoms with van der Waals surface area (Å²) in [5.74, 6) is 0.946. The molecule has 7 heteroatoms. The van der Waals surface area contributed by atoms with E-state index in [1.165, 1.54) is 12.1 Å². The monoisotopic (exact) mass is 367 g/mol. The van der Waals surface area contributed by atoms with Crippen LogP contribution >= 0.6 is 0 Å². The van der Waals surface area contributed by atoms with Crippen molar-refractivity contribution in [2.75, 3.05) is 13.7 Å². The minimum Gasteiger partial charge on any atom is -0.496 e. The number of amides is 1. The van der Waals surface area contributed by atoms with Crippen LogP contribution in [0.4, 0.5) is 4.39 Å². The highest BCUT2D eigenvalue weighted by molar-refractivity contribution is 5.79. The Morgan fingerprint density at radius 1 is 1.26 bits per heavy atom. The van der Waals surface area contributed by atoms with Gasteiger partial charge in [0.2, 0.25) is 17.6 Å². The maximum absolute atomic E-state index is 13.4. The molecular weight excluding hydrogens is 349 g/mol. The van der Waals surface area contributed by atoms with Crippen molar-refractivity contribution >= 4 is 5.91 Å². The maximum Gasteiger partial charge on any atom is 0.232 e. The zero-order chi connectivity index (χ0) is 18.8. The molecule has 1 aliphatic rings. The lowest BCUT2D eigenvalue weighted by atomic mass is 10.1. The second-order valence-corrected chi connectivity index (χ2v) is 6.45. The number of carbonyl (C=O) groups is 1. The number of carbonyl (C=O) groups excluding carboxylic acids is 1. The molecular formula is C20H18FN3O3. The van der Waals surface area contributed by atoms with Crippen LogP contribution < -0.4 is 4.74 Å². The SMILES string of the molecule is COc1ccccc1CN1CC(c2nc(-c3cccc(F)c3)no2)CC1=O. The van der Waals surface area contributed by atoms with Gasteiger partial charge in [-0.3, -0.25) is 4.79 Å². The van der Waals surface area contributed by atoms with Gasteiger partial charge in [0, 0.05) is 30.6 Å². The van der Waals surface area contributed by atoms with E-state index >= 15 is 0 Å². The molecule has 0 radical (unpaired) electrons. The Balaban J connectivity index is 1.49. The normalized spacial score (nSPS) is 16.7. The Hall–Kier alpha value is -3.22. The van der Waals surface area contributed by atoms with Crippen LogP contribution in [0.1, 0.15) is 23.8 Å². The predicted octanol–water partition coefficient (Wildman–Crippen LogP) is 3.40. The van der Waals surface area contributed by atoms with Gasteiger partial charge in [-0.2, -0.15) is 4.98 Å². The van der Waals surface area contributed by atoms with Gasteiger partial charge < -0.3 is 14.2 Å². The molecule has 2 aromatic carbocycles. The standard InChI is InChI=1S/C20H18FN3O3/c1-26-17-8-3-2-5-14(17)11-24-12-15(10-18(24)25)20-22-19(23-27-20)13-6-4-7-16(21)9-13/h2-9,15H,10-12H2,1H3. The van der Waals surface area contributed by atoms with E-state index in [0.29, 0.717) is 36.8 Å². The third-order valence-electron chi connectivity index (χ3n) is 4.64. The summed E-state index contributed by atoms with van der Waals surface area (Å²) < 4.78 is 24.1. The Morgan fingerprint density at radius 3 is 2.93 bits per heavy atom. The first-order valence-corrected chi connectivity index (χ1v) is 8.63. The van der Waals surface area contributed by atoms with Crippen molar-refractivity contribution in [2.45, 2.75) is 18.9 Å². The average molecular weight is 367 g/mol. The van der Waals surface area contributed by atoms with Crippen molar-refractivity contribution in [3.05, 3.63) is 65.8 Å². The zero-order valence-electron chi connectivity index (χ0n) is 14.8. The van der Waals surface area contributed by atoms with Gasteiger partial charge in [0.1, 0.15) is 11.6 Å². The molecule has 0 saturated carbocycles. The number of methoxy groups -OCH3 is 1. The molecule has 1 saturated heterocycles. The lowest BCUT2D eigenvalue weighted by Crippen LogP contribution is -2.24. The molecule has 4 rings (SSSR count). The van der Waals surface area contributed by atoms with Gasteiger partial charge in [-0.05, 0) is 18.2 Å². The van der Waals surface area contributed by atoms with Gasteiger partial charge >= 0.3 is 0 Å². The molecule has 138 valence electrons. The van der Waals surface area contributed by atoms with Crippen LogP contribution in [0.25, 0.3) is 11.4 Å². The molecule has 1 aromatic heterocycles. The number of hydrogen-bond donors (Lipinski definition) is 0. The number of aromatic nitrogens is 2. The molecule has 1 fully saturated rings. The van der Waals surface area contributed by atoms with E-state index in [9.17, 15) is 9.18 Å². The van der Waals surface area contributed by atoms with Crippen molar-refractivity contribution in [3.63, 3.8) is 0 Å². The van der Waals surface area contributed by atoms with Crippen molar-refractivity contribution in [1.82, 2.24) is 15.0 Å². The molecule has 3 aromatic rings. The number of rotatable bonds is 5. The van der Waals surface area contributed by atoms with Gasteiger partial charge in [0.15, 0.2) is 0 Å². The average Bonchev–Trinajstić information content (AvgIpc) is 3.30.